The summed E-state index contributed by atoms with van der Waals surface area (Å²) in [6.07, 6.45) is 0. The molecule has 0 bridgehead atoms. The Labute approximate surface area is 348 Å². The van der Waals surface area contributed by atoms with Crippen LogP contribution in [0.2, 0.25) is 0 Å². The Morgan fingerprint density at radius 2 is 0.700 bits per heavy atom. The zero-order valence-electron chi connectivity index (χ0n) is 32.8. The van der Waals surface area contributed by atoms with Gasteiger partial charge in [0.15, 0.2) is 0 Å². The van der Waals surface area contributed by atoms with Crippen LogP contribution in [0.3, 0.4) is 0 Å². The van der Waals surface area contributed by atoms with Gasteiger partial charge in [-0.3, -0.25) is 0 Å². The predicted molar refractivity (Wildman–Crippen MR) is 254 cm³/mol. The third-order valence-electron chi connectivity index (χ3n) is 12.3. The number of benzene rings is 10. The number of hydrogen-bond donors (Lipinski definition) is 0. The number of nitrogens with zero attached hydrogens (tertiary/aromatic N) is 2. The van der Waals surface area contributed by atoms with Crippen LogP contribution in [0.5, 0.6) is 0 Å². The first-order valence-electron chi connectivity index (χ1n) is 20.7. The third-order valence-corrected chi connectivity index (χ3v) is 12.3. The summed E-state index contributed by atoms with van der Waals surface area (Å²) in [5, 5.41) is 7.45. The van der Waals surface area contributed by atoms with E-state index in [-0.39, 0.29) is 0 Å². The Bertz CT molecular complexity index is 3550. The van der Waals surface area contributed by atoms with Crippen molar-refractivity contribution in [3.05, 3.63) is 231 Å². The third kappa shape index (κ3) is 5.57. The summed E-state index contributed by atoms with van der Waals surface area (Å²) in [5.41, 5.74) is 16.8. The maximum Gasteiger partial charge on any atom is 0.0619 e. The lowest BCUT2D eigenvalue weighted by Gasteiger charge is -2.13. The summed E-state index contributed by atoms with van der Waals surface area (Å²) in [6, 6.07) is 84.2. The molecule has 2 heterocycles. The summed E-state index contributed by atoms with van der Waals surface area (Å²) in [5.74, 6) is 0. The van der Waals surface area contributed by atoms with Crippen molar-refractivity contribution in [2.24, 2.45) is 0 Å². The average Bonchev–Trinajstić information content (AvgIpc) is 3.84. The van der Waals surface area contributed by atoms with E-state index in [9.17, 15) is 0 Å². The second-order valence-corrected chi connectivity index (χ2v) is 15.7. The molecule has 2 nitrogen and oxygen atoms in total. The molecule has 0 N–H and O–H groups in total. The molecule has 0 fully saturated rings. The van der Waals surface area contributed by atoms with E-state index in [4.69, 9.17) is 0 Å². The lowest BCUT2D eigenvalue weighted by Crippen LogP contribution is -1.96. The van der Waals surface area contributed by atoms with Crippen LogP contribution in [0, 0.1) is 0 Å². The van der Waals surface area contributed by atoms with Gasteiger partial charge in [-0.25, -0.2) is 0 Å². The van der Waals surface area contributed by atoms with E-state index in [1.807, 2.05) is 0 Å². The molecule has 2 heteroatoms. The average molecular weight is 763 g/mol. The van der Waals surface area contributed by atoms with Gasteiger partial charge in [-0.2, -0.15) is 0 Å². The van der Waals surface area contributed by atoms with E-state index >= 15 is 0 Å². The highest BCUT2D eigenvalue weighted by Crippen LogP contribution is 2.42. The van der Waals surface area contributed by atoms with Gasteiger partial charge in [-0.15, -0.1) is 0 Å². The fourth-order valence-corrected chi connectivity index (χ4v) is 9.40. The highest BCUT2D eigenvalue weighted by atomic mass is 15.0. The zero-order valence-corrected chi connectivity index (χ0v) is 32.8. The Morgan fingerprint density at radius 3 is 1.37 bits per heavy atom. The molecule has 60 heavy (non-hydrogen) atoms. The Balaban J connectivity index is 1.03. The smallest absolute Gasteiger partial charge is 0.0619 e. The lowest BCUT2D eigenvalue weighted by atomic mass is 9.98. The molecule has 0 radical (unpaired) electrons. The molecule has 0 aliphatic rings. The Kier molecular flexibility index (Phi) is 7.89. The van der Waals surface area contributed by atoms with E-state index in [2.05, 4.69) is 240 Å². The molecule has 0 saturated carbocycles. The molecule has 10 aromatic carbocycles. The van der Waals surface area contributed by atoms with Crippen molar-refractivity contribution in [3.63, 3.8) is 0 Å². The van der Waals surface area contributed by atoms with Gasteiger partial charge in [0.25, 0.3) is 0 Å². The molecule has 12 aromatic rings. The molecule has 0 aliphatic carbocycles. The van der Waals surface area contributed by atoms with Crippen LogP contribution in [-0.2, 0) is 0 Å². The second-order valence-electron chi connectivity index (χ2n) is 15.7. The standard InChI is InChI=1S/C58H38N2/c1-3-12-39(13-4-1)42-24-30-48(31-25-42)59-55-21-10-9-18-51(55)53-37-45(28-34-56(53)59)46-29-35-57-54(38-46)52-20-11-19-50(47-23-22-41-16-7-8-17-44(41)36-47)58(52)60(57)49-32-26-43(27-33-49)40-14-5-2-6-15-40/h1-38H. The quantitative estimate of drug-likeness (QED) is 0.160. The Morgan fingerprint density at radius 1 is 0.233 bits per heavy atom. The van der Waals surface area contributed by atoms with Crippen molar-refractivity contribution in [1.82, 2.24) is 9.13 Å². The molecule has 0 atom stereocenters. The number of aromatic nitrogens is 2. The summed E-state index contributed by atoms with van der Waals surface area (Å²) >= 11 is 0. The van der Waals surface area contributed by atoms with Crippen LogP contribution in [0.25, 0.3) is 110 Å². The number of para-hydroxylation sites is 2. The van der Waals surface area contributed by atoms with Crippen molar-refractivity contribution >= 4 is 54.4 Å². The first-order valence-corrected chi connectivity index (χ1v) is 20.7. The van der Waals surface area contributed by atoms with E-state index in [1.54, 1.807) is 0 Å². The summed E-state index contributed by atoms with van der Waals surface area (Å²) in [6.45, 7) is 0. The fourth-order valence-electron chi connectivity index (χ4n) is 9.40. The fraction of sp³-hybridized carbons (Fsp3) is 0. The van der Waals surface area contributed by atoms with Crippen LogP contribution in [-0.4, -0.2) is 9.13 Å². The van der Waals surface area contributed by atoms with Crippen molar-refractivity contribution in [2.75, 3.05) is 0 Å². The van der Waals surface area contributed by atoms with Crippen molar-refractivity contribution in [1.29, 1.82) is 0 Å². The molecule has 0 spiro atoms. The number of fused-ring (bicyclic) bond motifs is 7. The molecule has 2 aromatic heterocycles. The molecule has 0 unspecified atom stereocenters. The van der Waals surface area contributed by atoms with Crippen LogP contribution in [0.15, 0.2) is 231 Å². The molecule has 0 saturated heterocycles. The van der Waals surface area contributed by atoms with Gasteiger partial charge in [0.05, 0.1) is 22.1 Å². The van der Waals surface area contributed by atoms with Gasteiger partial charge in [0, 0.05) is 38.5 Å². The first kappa shape index (κ1) is 34.1. The van der Waals surface area contributed by atoms with Gasteiger partial charge >= 0.3 is 0 Å². The minimum Gasteiger partial charge on any atom is -0.309 e. The van der Waals surface area contributed by atoms with E-state index < -0.39 is 0 Å². The molecule has 280 valence electrons. The van der Waals surface area contributed by atoms with Gasteiger partial charge in [-0.05, 0) is 110 Å². The molecule has 0 amide bonds. The minimum atomic E-state index is 1.14. The van der Waals surface area contributed by atoms with Crippen LogP contribution in [0.1, 0.15) is 0 Å². The maximum absolute atomic E-state index is 2.47. The molecular weight excluding hydrogens is 725 g/mol. The molecular formula is C58H38N2. The van der Waals surface area contributed by atoms with E-state index in [0.717, 1.165) is 11.4 Å². The van der Waals surface area contributed by atoms with E-state index in [1.165, 1.54) is 98.9 Å². The summed E-state index contributed by atoms with van der Waals surface area (Å²) < 4.78 is 4.87. The molecule has 0 aliphatic heterocycles. The zero-order chi connectivity index (χ0) is 39.6. The van der Waals surface area contributed by atoms with Gasteiger partial charge < -0.3 is 9.13 Å². The highest BCUT2D eigenvalue weighted by Gasteiger charge is 2.19. The maximum atomic E-state index is 2.47. The second kappa shape index (κ2) is 13.9. The van der Waals surface area contributed by atoms with Gasteiger partial charge in [-0.1, -0.05) is 170 Å². The first-order chi connectivity index (χ1) is 29.7. The van der Waals surface area contributed by atoms with Crippen LogP contribution < -0.4 is 0 Å². The SMILES string of the molecule is c1ccc(-c2ccc(-n3c4ccccc4c4cc(-c5ccc6c(c5)c5cccc(-c7ccc8ccccc8c7)c5n6-c5ccc(-c6ccccc6)cc5)ccc43)cc2)cc1. The topological polar surface area (TPSA) is 9.86 Å². The van der Waals surface area contributed by atoms with Gasteiger partial charge in [0.2, 0.25) is 0 Å². The summed E-state index contributed by atoms with van der Waals surface area (Å²) in [4.78, 5) is 0. The van der Waals surface area contributed by atoms with Crippen molar-refractivity contribution in [3.8, 4) is 55.9 Å². The number of rotatable bonds is 6. The normalized spacial score (nSPS) is 11.7. The largest absolute Gasteiger partial charge is 0.309 e. The summed E-state index contributed by atoms with van der Waals surface area (Å²) in [7, 11) is 0. The van der Waals surface area contributed by atoms with Crippen molar-refractivity contribution in [2.45, 2.75) is 0 Å². The highest BCUT2D eigenvalue weighted by molar-refractivity contribution is 6.16. The Hall–Kier alpha value is -7.94. The predicted octanol–water partition coefficient (Wildman–Crippen LogP) is 15.7. The number of hydrogen-bond acceptors (Lipinski definition) is 0. The van der Waals surface area contributed by atoms with E-state index in [0.29, 0.717) is 0 Å². The van der Waals surface area contributed by atoms with Crippen LogP contribution >= 0.6 is 0 Å². The van der Waals surface area contributed by atoms with Crippen molar-refractivity contribution < 1.29 is 0 Å². The minimum absolute atomic E-state index is 1.14. The monoisotopic (exact) mass is 762 g/mol. The lowest BCUT2D eigenvalue weighted by molar-refractivity contribution is 1.18. The van der Waals surface area contributed by atoms with Gasteiger partial charge in [0.1, 0.15) is 0 Å². The van der Waals surface area contributed by atoms with Crippen LogP contribution in [0.4, 0.5) is 0 Å². The molecule has 12 rings (SSSR count).